The highest BCUT2D eigenvalue weighted by Crippen LogP contribution is 2.29. The largest absolute Gasteiger partial charge is 0.323 e. The number of amides is 1. The van der Waals surface area contributed by atoms with E-state index in [2.05, 4.69) is 5.32 Å². The molecule has 8 nitrogen and oxygen atoms in total. The highest BCUT2D eigenvalue weighted by molar-refractivity contribution is 7.99. The monoisotopic (exact) mass is 421 g/mol. The van der Waals surface area contributed by atoms with Gasteiger partial charge in [-0.2, -0.15) is 0 Å². The van der Waals surface area contributed by atoms with Crippen LogP contribution in [0.25, 0.3) is 6.08 Å². The van der Waals surface area contributed by atoms with Gasteiger partial charge < -0.3 is 5.32 Å². The van der Waals surface area contributed by atoms with Crippen molar-refractivity contribution in [1.82, 2.24) is 0 Å². The van der Waals surface area contributed by atoms with Crippen LogP contribution in [0.2, 0.25) is 0 Å². The Kier molecular flexibility index (Phi) is 6.56. The van der Waals surface area contributed by atoms with Gasteiger partial charge in [0.05, 0.1) is 9.85 Å². The van der Waals surface area contributed by atoms with Gasteiger partial charge in [0.1, 0.15) is 0 Å². The van der Waals surface area contributed by atoms with Crippen molar-refractivity contribution < 1.29 is 14.6 Å². The number of nitro benzene ring substituents is 2. The lowest BCUT2D eigenvalue weighted by Gasteiger charge is -2.05. The van der Waals surface area contributed by atoms with Gasteiger partial charge in [-0.3, -0.25) is 25.0 Å². The van der Waals surface area contributed by atoms with E-state index in [1.165, 1.54) is 42.1 Å². The molecule has 3 rings (SSSR count). The minimum atomic E-state index is -0.482. The summed E-state index contributed by atoms with van der Waals surface area (Å²) in [4.78, 5) is 34.3. The molecule has 0 aliphatic heterocycles. The number of non-ortho nitro benzene ring substituents is 2. The summed E-state index contributed by atoms with van der Waals surface area (Å²) in [6.07, 6.45) is 2.92. The van der Waals surface area contributed by atoms with Gasteiger partial charge in [-0.1, -0.05) is 11.8 Å². The number of carbonyl (C=O) groups excluding carboxylic acids is 1. The van der Waals surface area contributed by atoms with Gasteiger partial charge in [-0.25, -0.2) is 0 Å². The van der Waals surface area contributed by atoms with E-state index in [1.807, 2.05) is 12.1 Å². The van der Waals surface area contributed by atoms with Gasteiger partial charge in [-0.15, -0.1) is 0 Å². The smallest absolute Gasteiger partial charge is 0.269 e. The number of hydrogen-bond acceptors (Lipinski definition) is 6. The van der Waals surface area contributed by atoms with Crippen LogP contribution >= 0.6 is 11.8 Å². The minimum Gasteiger partial charge on any atom is -0.323 e. The second-order valence-corrected chi connectivity index (χ2v) is 7.20. The highest BCUT2D eigenvalue weighted by atomic mass is 32.2. The first-order chi connectivity index (χ1) is 14.4. The molecule has 1 N–H and O–H groups in total. The van der Waals surface area contributed by atoms with Crippen molar-refractivity contribution in [2.45, 2.75) is 9.79 Å². The first kappa shape index (κ1) is 20.7. The van der Waals surface area contributed by atoms with Gasteiger partial charge in [0.2, 0.25) is 5.91 Å². The SMILES string of the molecule is O=C(/C=C/c1ccc([N+](=O)[O-])cc1)Nc1ccc(Sc2ccc([N+](=O)[O-])cc2)cc1. The maximum absolute atomic E-state index is 12.1. The van der Waals surface area contributed by atoms with Crippen LogP contribution in [-0.2, 0) is 4.79 Å². The molecule has 0 atom stereocenters. The van der Waals surface area contributed by atoms with Gasteiger partial charge in [0, 0.05) is 45.8 Å². The minimum absolute atomic E-state index is 0.0108. The van der Waals surface area contributed by atoms with Crippen LogP contribution in [0, 0.1) is 20.2 Å². The van der Waals surface area contributed by atoms with Crippen molar-refractivity contribution in [3.05, 3.63) is 105 Å². The van der Waals surface area contributed by atoms with Crippen LogP contribution in [0.5, 0.6) is 0 Å². The summed E-state index contributed by atoms with van der Waals surface area (Å²) >= 11 is 1.45. The molecule has 0 heterocycles. The number of rotatable bonds is 7. The van der Waals surface area contributed by atoms with E-state index in [0.717, 1.165) is 9.79 Å². The van der Waals surface area contributed by atoms with E-state index in [4.69, 9.17) is 0 Å². The van der Waals surface area contributed by atoms with Crippen molar-refractivity contribution in [2.24, 2.45) is 0 Å². The van der Waals surface area contributed by atoms with E-state index in [-0.39, 0.29) is 17.3 Å². The maximum Gasteiger partial charge on any atom is 0.269 e. The van der Waals surface area contributed by atoms with Crippen molar-refractivity contribution >= 4 is 40.8 Å². The summed E-state index contributed by atoms with van der Waals surface area (Å²) in [6.45, 7) is 0. The zero-order valence-electron chi connectivity index (χ0n) is 15.4. The topological polar surface area (TPSA) is 115 Å². The molecule has 3 aromatic rings. The fourth-order valence-corrected chi connectivity index (χ4v) is 3.26. The Morgan fingerprint density at radius 3 is 1.73 bits per heavy atom. The average molecular weight is 421 g/mol. The molecule has 9 heteroatoms. The van der Waals surface area contributed by atoms with E-state index in [0.29, 0.717) is 11.3 Å². The molecule has 3 aromatic carbocycles. The molecule has 0 spiro atoms. The summed E-state index contributed by atoms with van der Waals surface area (Å²) in [5.41, 5.74) is 1.31. The second-order valence-electron chi connectivity index (χ2n) is 6.05. The molecular weight excluding hydrogens is 406 g/mol. The second kappa shape index (κ2) is 9.48. The Morgan fingerprint density at radius 2 is 1.23 bits per heavy atom. The Labute approximate surface area is 175 Å². The Balaban J connectivity index is 1.56. The third-order valence-corrected chi connectivity index (χ3v) is 4.95. The third kappa shape index (κ3) is 5.76. The number of nitro groups is 2. The molecule has 30 heavy (non-hydrogen) atoms. The molecular formula is C21H15N3O5S. The molecule has 0 radical (unpaired) electrons. The molecule has 1 amide bonds. The van der Waals surface area contributed by atoms with Crippen molar-refractivity contribution in [3.8, 4) is 0 Å². The molecule has 0 aliphatic rings. The predicted molar refractivity (Wildman–Crippen MR) is 114 cm³/mol. The highest BCUT2D eigenvalue weighted by Gasteiger charge is 2.06. The average Bonchev–Trinajstić information content (AvgIpc) is 2.74. The molecule has 150 valence electrons. The van der Waals surface area contributed by atoms with Gasteiger partial charge in [0.25, 0.3) is 11.4 Å². The lowest BCUT2D eigenvalue weighted by atomic mass is 10.2. The Bertz CT molecular complexity index is 1090. The van der Waals surface area contributed by atoms with Crippen LogP contribution in [0.15, 0.2) is 88.7 Å². The van der Waals surface area contributed by atoms with E-state index in [9.17, 15) is 25.0 Å². The summed E-state index contributed by atoms with van der Waals surface area (Å²) in [5.74, 6) is -0.330. The van der Waals surface area contributed by atoms with Crippen LogP contribution in [0.1, 0.15) is 5.56 Å². The van der Waals surface area contributed by atoms with Crippen molar-refractivity contribution in [2.75, 3.05) is 5.32 Å². The number of nitrogens with one attached hydrogen (secondary N) is 1. The zero-order valence-corrected chi connectivity index (χ0v) is 16.2. The van der Waals surface area contributed by atoms with E-state index in [1.54, 1.807) is 42.5 Å². The van der Waals surface area contributed by atoms with Gasteiger partial charge in [0.15, 0.2) is 0 Å². The van der Waals surface area contributed by atoms with E-state index < -0.39 is 9.85 Å². The first-order valence-electron chi connectivity index (χ1n) is 8.66. The van der Waals surface area contributed by atoms with Gasteiger partial charge in [-0.05, 0) is 60.2 Å². The molecule has 0 bridgehead atoms. The summed E-state index contributed by atoms with van der Waals surface area (Å²) in [7, 11) is 0. The van der Waals surface area contributed by atoms with Crippen molar-refractivity contribution in [3.63, 3.8) is 0 Å². The number of nitrogens with zero attached hydrogens (tertiary/aromatic N) is 2. The third-order valence-electron chi connectivity index (χ3n) is 3.94. The Hall–Kier alpha value is -3.98. The molecule has 0 fully saturated rings. The zero-order chi connectivity index (χ0) is 21.5. The number of hydrogen-bond donors (Lipinski definition) is 1. The summed E-state index contributed by atoms with van der Waals surface area (Å²) in [6, 6.07) is 19.3. The van der Waals surface area contributed by atoms with Crippen LogP contribution < -0.4 is 5.32 Å². The lowest BCUT2D eigenvalue weighted by molar-refractivity contribution is -0.385. The van der Waals surface area contributed by atoms with Gasteiger partial charge >= 0.3 is 0 Å². The summed E-state index contributed by atoms with van der Waals surface area (Å²) < 4.78 is 0. The summed E-state index contributed by atoms with van der Waals surface area (Å²) in [5, 5.41) is 24.1. The molecule has 0 unspecified atom stereocenters. The van der Waals surface area contributed by atoms with Crippen LogP contribution in [-0.4, -0.2) is 15.8 Å². The maximum atomic E-state index is 12.1. The number of benzene rings is 3. The fourth-order valence-electron chi connectivity index (χ4n) is 2.44. The molecule has 0 aromatic heterocycles. The Morgan fingerprint density at radius 1 is 0.767 bits per heavy atom. The predicted octanol–water partition coefficient (Wildman–Crippen LogP) is 5.31. The lowest BCUT2D eigenvalue weighted by Crippen LogP contribution is -2.07. The molecule has 0 aliphatic carbocycles. The number of carbonyl (C=O) groups is 1. The normalized spacial score (nSPS) is 10.7. The quantitative estimate of drug-likeness (QED) is 0.314. The standard InChI is InChI=1S/C21H15N3O5S/c25-21(14-3-15-1-6-17(7-2-15)23(26)27)22-16-4-10-19(11-5-16)30-20-12-8-18(9-13-20)24(28)29/h1-14H,(H,22,25)/b14-3+. The first-order valence-corrected chi connectivity index (χ1v) is 9.48. The van der Waals surface area contributed by atoms with Crippen molar-refractivity contribution in [1.29, 1.82) is 0 Å². The van der Waals surface area contributed by atoms with Crippen LogP contribution in [0.4, 0.5) is 17.1 Å². The number of anilines is 1. The molecule has 0 saturated heterocycles. The van der Waals surface area contributed by atoms with E-state index >= 15 is 0 Å². The van der Waals surface area contributed by atoms with Crippen LogP contribution in [0.3, 0.4) is 0 Å². The molecule has 0 saturated carbocycles. The fraction of sp³-hybridized carbons (Fsp3) is 0.